The van der Waals surface area contributed by atoms with Crippen molar-refractivity contribution in [1.29, 1.82) is 0 Å². The third-order valence-corrected chi connectivity index (χ3v) is 4.79. The molecule has 1 aromatic heterocycles. The Balaban J connectivity index is 2.31. The summed E-state index contributed by atoms with van der Waals surface area (Å²) in [6.07, 6.45) is 0. The van der Waals surface area contributed by atoms with E-state index in [-0.39, 0.29) is 11.3 Å². The van der Waals surface area contributed by atoms with Crippen LogP contribution in [0, 0.1) is 6.92 Å². The summed E-state index contributed by atoms with van der Waals surface area (Å²) in [4.78, 5) is 38.1. The van der Waals surface area contributed by atoms with E-state index < -0.39 is 17.1 Å². The van der Waals surface area contributed by atoms with Crippen LogP contribution in [0.4, 0.5) is 0 Å². The van der Waals surface area contributed by atoms with E-state index in [9.17, 15) is 19.5 Å². The molecule has 0 bridgehead atoms. The molecule has 1 N–H and O–H groups in total. The average molecular weight is 357 g/mol. The van der Waals surface area contributed by atoms with Crippen molar-refractivity contribution < 1.29 is 9.90 Å². The van der Waals surface area contributed by atoms with E-state index in [1.54, 1.807) is 37.3 Å². The highest BCUT2D eigenvalue weighted by molar-refractivity contribution is 6.05. The van der Waals surface area contributed by atoms with Gasteiger partial charge in [-0.25, -0.2) is 9.36 Å². The topological polar surface area (TPSA) is 76.4 Å². The van der Waals surface area contributed by atoms with Gasteiger partial charge in [-0.3, -0.25) is 9.59 Å². The number of aromatic nitrogens is 1. The summed E-state index contributed by atoms with van der Waals surface area (Å²) in [6.45, 7) is 1.60. The minimum absolute atomic E-state index is 0.0546. The van der Waals surface area contributed by atoms with Gasteiger partial charge in [0.2, 0.25) is 0 Å². The Morgan fingerprint density at radius 2 is 1.22 bits per heavy atom. The number of aromatic carboxylic acids is 1. The first-order chi connectivity index (χ1) is 13.0. The number of hydrogen-bond donors (Lipinski definition) is 1. The normalized spacial score (nSPS) is 11.0. The fraction of sp³-hybridized carbons (Fsp3) is 0.0455. The maximum Gasteiger partial charge on any atom is 0.336 e. The summed E-state index contributed by atoms with van der Waals surface area (Å²) >= 11 is 0. The first-order valence-corrected chi connectivity index (χ1v) is 8.41. The Morgan fingerprint density at radius 3 is 1.70 bits per heavy atom. The monoisotopic (exact) mass is 357 g/mol. The van der Waals surface area contributed by atoms with Crippen molar-refractivity contribution in [1.82, 2.24) is 4.57 Å². The van der Waals surface area contributed by atoms with Crippen molar-refractivity contribution >= 4 is 27.5 Å². The molecule has 0 aliphatic carbocycles. The van der Waals surface area contributed by atoms with Gasteiger partial charge in [0.1, 0.15) is 0 Å². The molecule has 4 aromatic rings. The first kappa shape index (κ1) is 16.7. The third kappa shape index (κ3) is 2.52. The Labute approximate surface area is 153 Å². The minimum atomic E-state index is -1.11. The lowest BCUT2D eigenvalue weighted by molar-refractivity contribution is 0.0696. The molecule has 5 heteroatoms. The van der Waals surface area contributed by atoms with Gasteiger partial charge in [-0.2, -0.15) is 0 Å². The predicted molar refractivity (Wildman–Crippen MR) is 105 cm³/mol. The van der Waals surface area contributed by atoms with E-state index in [4.69, 9.17) is 0 Å². The van der Waals surface area contributed by atoms with Gasteiger partial charge >= 0.3 is 5.97 Å². The average Bonchev–Trinajstić information content (AvgIpc) is 2.77. The molecule has 0 amide bonds. The van der Waals surface area contributed by atoms with Gasteiger partial charge in [-0.15, -0.1) is 0 Å². The van der Waals surface area contributed by atoms with Crippen LogP contribution in [0.15, 0.2) is 76.3 Å². The van der Waals surface area contributed by atoms with Crippen LogP contribution in [0.5, 0.6) is 0 Å². The maximum atomic E-state index is 13.3. The van der Waals surface area contributed by atoms with Crippen LogP contribution in [0.3, 0.4) is 0 Å². The lowest BCUT2D eigenvalue weighted by Crippen LogP contribution is -2.29. The second-order valence-corrected chi connectivity index (χ2v) is 6.29. The Bertz CT molecular complexity index is 1280. The summed E-state index contributed by atoms with van der Waals surface area (Å²) < 4.78 is 1.08. The number of carbonyl (C=O) groups is 1. The maximum absolute atomic E-state index is 13.3. The molecule has 0 saturated heterocycles. The van der Waals surface area contributed by atoms with E-state index >= 15 is 0 Å². The second-order valence-electron chi connectivity index (χ2n) is 6.29. The molecule has 0 spiro atoms. The fourth-order valence-corrected chi connectivity index (χ4v) is 3.46. The molecular weight excluding hydrogens is 342 g/mol. The van der Waals surface area contributed by atoms with E-state index in [0.717, 1.165) is 4.57 Å². The van der Waals surface area contributed by atoms with E-state index in [1.807, 2.05) is 24.3 Å². The molecule has 4 rings (SSSR count). The molecule has 3 aromatic carbocycles. The number of benzene rings is 3. The van der Waals surface area contributed by atoms with Gasteiger partial charge in [-0.1, -0.05) is 42.5 Å². The lowest BCUT2D eigenvalue weighted by Gasteiger charge is -2.09. The Morgan fingerprint density at radius 1 is 0.741 bits per heavy atom. The van der Waals surface area contributed by atoms with Crippen molar-refractivity contribution in [3.63, 3.8) is 0 Å². The van der Waals surface area contributed by atoms with Crippen LogP contribution in [0.2, 0.25) is 0 Å². The van der Waals surface area contributed by atoms with Crippen LogP contribution >= 0.6 is 0 Å². The van der Waals surface area contributed by atoms with Crippen LogP contribution < -0.4 is 11.1 Å². The molecule has 0 saturated carbocycles. The Hall–Kier alpha value is -3.73. The molecule has 0 aliphatic rings. The molecule has 0 atom stereocenters. The van der Waals surface area contributed by atoms with Gasteiger partial charge in [0, 0.05) is 10.8 Å². The summed E-state index contributed by atoms with van der Waals surface area (Å²) in [5.41, 5.74) is -0.256. The zero-order valence-corrected chi connectivity index (χ0v) is 14.5. The Kier molecular flexibility index (Phi) is 3.85. The van der Waals surface area contributed by atoms with E-state index in [2.05, 4.69) is 0 Å². The lowest BCUT2D eigenvalue weighted by atomic mass is 10.1. The summed E-state index contributed by atoms with van der Waals surface area (Å²) in [7, 11) is 0. The van der Waals surface area contributed by atoms with Crippen molar-refractivity contribution in [2.45, 2.75) is 6.92 Å². The molecule has 132 valence electrons. The third-order valence-electron chi connectivity index (χ3n) is 4.79. The van der Waals surface area contributed by atoms with Crippen molar-refractivity contribution in [2.75, 3.05) is 0 Å². The zero-order valence-electron chi connectivity index (χ0n) is 14.5. The van der Waals surface area contributed by atoms with E-state index in [0.29, 0.717) is 27.1 Å². The van der Waals surface area contributed by atoms with Gasteiger partial charge in [-0.05, 0) is 47.5 Å². The quantitative estimate of drug-likeness (QED) is 0.596. The number of nitrogens with zero attached hydrogens (tertiary/aromatic N) is 1. The highest BCUT2D eigenvalue weighted by atomic mass is 16.4. The van der Waals surface area contributed by atoms with Gasteiger partial charge in [0.15, 0.2) is 0 Å². The summed E-state index contributed by atoms with van der Waals surface area (Å²) in [5, 5.41) is 11.6. The minimum Gasteiger partial charge on any atom is -0.478 e. The summed E-state index contributed by atoms with van der Waals surface area (Å²) in [5.74, 6) is -1.11. The van der Waals surface area contributed by atoms with Crippen LogP contribution in [-0.4, -0.2) is 15.6 Å². The highest BCUT2D eigenvalue weighted by Gasteiger charge is 2.16. The molecule has 0 unspecified atom stereocenters. The smallest absolute Gasteiger partial charge is 0.336 e. The van der Waals surface area contributed by atoms with Crippen molar-refractivity contribution in [3.05, 3.63) is 98.6 Å². The first-order valence-electron chi connectivity index (χ1n) is 8.41. The second kappa shape index (κ2) is 6.21. The fourth-order valence-electron chi connectivity index (χ4n) is 3.46. The molecule has 0 fully saturated rings. The van der Waals surface area contributed by atoms with Crippen LogP contribution in [0.25, 0.3) is 27.2 Å². The van der Waals surface area contributed by atoms with Crippen molar-refractivity contribution in [2.24, 2.45) is 0 Å². The number of hydrogen-bond acceptors (Lipinski definition) is 3. The number of fused-ring (bicyclic) bond motifs is 3. The summed E-state index contributed by atoms with van der Waals surface area (Å²) in [6, 6.07) is 18.7. The zero-order chi connectivity index (χ0) is 19.1. The SMILES string of the molecule is Cc1c(C(=O)O)cccc1-n1c(=O)c2ccccc2c2ccccc2c1=O. The standard InChI is InChI=1S/C22H15NO4/c1-13-14(22(26)27)11-6-12-19(13)23-20(24)17-9-4-2-7-15(17)16-8-3-5-10-18(16)21(23)25/h2-12H,1H3,(H,26,27). The van der Waals surface area contributed by atoms with Gasteiger partial charge in [0.05, 0.1) is 11.3 Å². The van der Waals surface area contributed by atoms with Crippen molar-refractivity contribution in [3.8, 4) is 5.69 Å². The predicted octanol–water partition coefficient (Wildman–Crippen LogP) is 3.51. The van der Waals surface area contributed by atoms with E-state index in [1.165, 1.54) is 12.1 Å². The largest absolute Gasteiger partial charge is 0.478 e. The number of carboxylic acid groups (broad SMARTS) is 1. The highest BCUT2D eigenvalue weighted by Crippen LogP contribution is 2.21. The van der Waals surface area contributed by atoms with Gasteiger partial charge in [0.25, 0.3) is 11.1 Å². The number of rotatable bonds is 2. The molecule has 5 nitrogen and oxygen atoms in total. The molecule has 27 heavy (non-hydrogen) atoms. The molecule has 1 heterocycles. The van der Waals surface area contributed by atoms with Gasteiger partial charge < -0.3 is 5.11 Å². The van der Waals surface area contributed by atoms with Crippen LogP contribution in [-0.2, 0) is 0 Å². The van der Waals surface area contributed by atoms with Crippen LogP contribution in [0.1, 0.15) is 15.9 Å². The number of carboxylic acids is 1. The molecule has 0 radical (unpaired) electrons. The molecular formula is C22H15NO4. The molecule has 0 aliphatic heterocycles.